The summed E-state index contributed by atoms with van der Waals surface area (Å²) in [7, 11) is 0. The van der Waals surface area contributed by atoms with Crippen LogP contribution >= 0.6 is 15.9 Å². The van der Waals surface area contributed by atoms with Crippen molar-refractivity contribution in [3.63, 3.8) is 0 Å². The van der Waals surface area contributed by atoms with Gasteiger partial charge in [0.15, 0.2) is 5.78 Å². The number of amides is 1. The highest BCUT2D eigenvalue weighted by molar-refractivity contribution is 9.10. The molecule has 0 aliphatic rings. The van der Waals surface area contributed by atoms with Crippen molar-refractivity contribution < 1.29 is 9.59 Å². The molecule has 0 saturated heterocycles. The van der Waals surface area contributed by atoms with Crippen LogP contribution < -0.4 is 5.73 Å². The van der Waals surface area contributed by atoms with Gasteiger partial charge in [-0.05, 0) is 19.0 Å². The first-order valence-electron chi connectivity index (χ1n) is 6.33. The van der Waals surface area contributed by atoms with Gasteiger partial charge in [0.2, 0.25) is 5.91 Å². The average molecular weight is 327 g/mol. The van der Waals surface area contributed by atoms with E-state index in [1.165, 1.54) is 0 Å². The number of hydrogen-bond donors (Lipinski definition) is 1. The highest BCUT2D eigenvalue weighted by atomic mass is 79.9. The highest BCUT2D eigenvalue weighted by Crippen LogP contribution is 2.16. The van der Waals surface area contributed by atoms with Crippen LogP contribution in [0.3, 0.4) is 0 Å². The molecule has 1 rings (SSSR count). The molecule has 0 aliphatic heterocycles. The van der Waals surface area contributed by atoms with E-state index in [9.17, 15) is 9.59 Å². The van der Waals surface area contributed by atoms with Crippen molar-refractivity contribution in [1.82, 2.24) is 4.90 Å². The van der Waals surface area contributed by atoms with Gasteiger partial charge in [0, 0.05) is 10.0 Å². The summed E-state index contributed by atoms with van der Waals surface area (Å²) >= 11 is 3.36. The van der Waals surface area contributed by atoms with Crippen LogP contribution in [-0.4, -0.2) is 36.2 Å². The Kier molecular flexibility index (Phi) is 6.73. The van der Waals surface area contributed by atoms with Gasteiger partial charge in [-0.15, -0.1) is 0 Å². The SMILES string of the molecule is CCCCN(CC(N)=O)CC(=O)c1ccccc1Br. The first-order valence-corrected chi connectivity index (χ1v) is 7.12. The summed E-state index contributed by atoms with van der Waals surface area (Å²) < 4.78 is 0.773. The van der Waals surface area contributed by atoms with Crippen molar-refractivity contribution >= 4 is 27.6 Å². The Morgan fingerprint density at radius 2 is 1.95 bits per heavy atom. The number of hydrogen-bond acceptors (Lipinski definition) is 3. The molecule has 0 aliphatic carbocycles. The summed E-state index contributed by atoms with van der Waals surface area (Å²) in [4.78, 5) is 25.0. The molecule has 0 fully saturated rings. The zero-order valence-corrected chi connectivity index (χ0v) is 12.6. The van der Waals surface area contributed by atoms with Crippen molar-refractivity contribution in [3.8, 4) is 0 Å². The number of nitrogens with two attached hydrogens (primary N) is 1. The Morgan fingerprint density at radius 3 is 2.53 bits per heavy atom. The number of primary amides is 1. The van der Waals surface area contributed by atoms with Crippen LogP contribution in [0.2, 0.25) is 0 Å². The lowest BCUT2D eigenvalue weighted by Crippen LogP contribution is -2.38. The maximum absolute atomic E-state index is 12.2. The van der Waals surface area contributed by atoms with E-state index < -0.39 is 5.91 Å². The van der Waals surface area contributed by atoms with E-state index in [2.05, 4.69) is 22.9 Å². The number of Topliss-reactive ketones (excluding diaryl/α,β-unsaturated/α-hetero) is 1. The topological polar surface area (TPSA) is 63.4 Å². The first-order chi connectivity index (χ1) is 9.04. The van der Waals surface area contributed by atoms with Crippen molar-refractivity contribution in [3.05, 3.63) is 34.3 Å². The summed E-state index contributed by atoms with van der Waals surface area (Å²) in [6.45, 7) is 3.11. The molecule has 0 bridgehead atoms. The summed E-state index contributed by atoms with van der Waals surface area (Å²) in [6.07, 6.45) is 1.95. The van der Waals surface area contributed by atoms with Gasteiger partial charge >= 0.3 is 0 Å². The molecular formula is C14H19BrN2O2. The third-order valence-electron chi connectivity index (χ3n) is 2.75. The Balaban J connectivity index is 2.70. The lowest BCUT2D eigenvalue weighted by atomic mass is 10.1. The summed E-state index contributed by atoms with van der Waals surface area (Å²) in [5, 5.41) is 0. The molecule has 0 unspecified atom stereocenters. The van der Waals surface area contributed by atoms with Crippen LogP contribution in [0.5, 0.6) is 0 Å². The molecule has 19 heavy (non-hydrogen) atoms. The Labute approximate surface area is 122 Å². The van der Waals surface area contributed by atoms with Gasteiger partial charge in [0.25, 0.3) is 0 Å². The fourth-order valence-corrected chi connectivity index (χ4v) is 2.30. The van der Waals surface area contributed by atoms with E-state index in [4.69, 9.17) is 5.73 Å². The minimum Gasteiger partial charge on any atom is -0.369 e. The van der Waals surface area contributed by atoms with E-state index in [-0.39, 0.29) is 18.9 Å². The van der Waals surface area contributed by atoms with Crippen molar-refractivity contribution in [1.29, 1.82) is 0 Å². The predicted octanol–water partition coefficient (Wildman–Crippen LogP) is 2.22. The zero-order valence-electron chi connectivity index (χ0n) is 11.1. The number of unbranched alkanes of at least 4 members (excludes halogenated alkanes) is 1. The molecule has 0 saturated carbocycles. The Bertz CT molecular complexity index is 449. The zero-order chi connectivity index (χ0) is 14.3. The van der Waals surface area contributed by atoms with Gasteiger partial charge < -0.3 is 5.73 Å². The maximum Gasteiger partial charge on any atom is 0.231 e. The number of carbonyl (C=O) groups is 2. The average Bonchev–Trinajstić information content (AvgIpc) is 2.35. The Morgan fingerprint density at radius 1 is 1.26 bits per heavy atom. The highest BCUT2D eigenvalue weighted by Gasteiger charge is 2.15. The minimum absolute atomic E-state index is 0.00942. The fourth-order valence-electron chi connectivity index (χ4n) is 1.79. The van der Waals surface area contributed by atoms with Crippen molar-refractivity contribution in [2.75, 3.05) is 19.6 Å². The number of nitrogens with zero attached hydrogens (tertiary/aromatic N) is 1. The van der Waals surface area contributed by atoms with Crippen LogP contribution in [0.25, 0.3) is 0 Å². The molecule has 104 valence electrons. The van der Waals surface area contributed by atoms with E-state index in [0.717, 1.165) is 17.3 Å². The molecule has 0 radical (unpaired) electrons. The van der Waals surface area contributed by atoms with Gasteiger partial charge in [0.05, 0.1) is 13.1 Å². The first kappa shape index (κ1) is 15.9. The molecule has 0 heterocycles. The third-order valence-corrected chi connectivity index (χ3v) is 3.44. The molecule has 0 atom stereocenters. The standard InChI is InChI=1S/C14H19BrN2O2/c1-2-3-8-17(10-14(16)19)9-13(18)11-6-4-5-7-12(11)15/h4-7H,2-3,8-10H2,1H3,(H2,16,19). The van der Waals surface area contributed by atoms with E-state index in [0.29, 0.717) is 12.1 Å². The largest absolute Gasteiger partial charge is 0.369 e. The Hall–Kier alpha value is -1.20. The smallest absolute Gasteiger partial charge is 0.231 e. The lowest BCUT2D eigenvalue weighted by molar-refractivity contribution is -0.119. The van der Waals surface area contributed by atoms with Crippen LogP contribution in [0, 0.1) is 0 Å². The second kappa shape index (κ2) is 8.07. The van der Waals surface area contributed by atoms with Gasteiger partial charge in [0.1, 0.15) is 0 Å². The van der Waals surface area contributed by atoms with Crippen molar-refractivity contribution in [2.45, 2.75) is 19.8 Å². The lowest BCUT2D eigenvalue weighted by Gasteiger charge is -2.19. The van der Waals surface area contributed by atoms with E-state index >= 15 is 0 Å². The second-order valence-electron chi connectivity index (χ2n) is 4.43. The van der Waals surface area contributed by atoms with Crippen molar-refractivity contribution in [2.24, 2.45) is 5.73 Å². The number of ketones is 1. The molecule has 0 spiro atoms. The van der Waals surface area contributed by atoms with E-state index in [1.807, 2.05) is 18.2 Å². The van der Waals surface area contributed by atoms with Crippen LogP contribution in [0.15, 0.2) is 28.7 Å². The monoisotopic (exact) mass is 326 g/mol. The molecule has 1 aromatic carbocycles. The summed E-state index contributed by atoms with van der Waals surface area (Å²) in [5.41, 5.74) is 5.84. The van der Waals surface area contributed by atoms with Crippen LogP contribution in [-0.2, 0) is 4.79 Å². The maximum atomic E-state index is 12.2. The molecule has 2 N–H and O–H groups in total. The van der Waals surface area contributed by atoms with E-state index in [1.54, 1.807) is 11.0 Å². The number of rotatable bonds is 8. The van der Waals surface area contributed by atoms with Gasteiger partial charge in [-0.3, -0.25) is 14.5 Å². The predicted molar refractivity (Wildman–Crippen MR) is 79.0 cm³/mol. The van der Waals surface area contributed by atoms with Crippen LogP contribution in [0.1, 0.15) is 30.1 Å². The van der Waals surface area contributed by atoms with Crippen LogP contribution in [0.4, 0.5) is 0 Å². The number of halogens is 1. The molecule has 1 aromatic rings. The minimum atomic E-state index is -0.406. The third kappa shape index (κ3) is 5.53. The molecule has 0 aromatic heterocycles. The molecule has 5 heteroatoms. The number of carbonyl (C=O) groups excluding carboxylic acids is 2. The van der Waals surface area contributed by atoms with Gasteiger partial charge in [-0.25, -0.2) is 0 Å². The number of benzene rings is 1. The summed E-state index contributed by atoms with van der Waals surface area (Å²) in [5.74, 6) is -0.416. The quantitative estimate of drug-likeness (QED) is 0.745. The summed E-state index contributed by atoms with van der Waals surface area (Å²) in [6, 6.07) is 7.29. The normalized spacial score (nSPS) is 10.7. The molecule has 1 amide bonds. The molecule has 4 nitrogen and oxygen atoms in total. The van der Waals surface area contributed by atoms with Gasteiger partial charge in [-0.1, -0.05) is 47.5 Å². The second-order valence-corrected chi connectivity index (χ2v) is 5.29. The van der Waals surface area contributed by atoms with Gasteiger partial charge in [-0.2, -0.15) is 0 Å². The molecular weight excluding hydrogens is 308 g/mol. The fraction of sp³-hybridized carbons (Fsp3) is 0.429.